The molecule has 3 saturated heterocycles. The van der Waals surface area contributed by atoms with Crippen LogP contribution in [0.3, 0.4) is 0 Å². The predicted molar refractivity (Wildman–Crippen MR) is 142 cm³/mol. The van der Waals surface area contributed by atoms with Crippen LogP contribution in [0.25, 0.3) is 0 Å². The van der Waals surface area contributed by atoms with Crippen LogP contribution >= 0.6 is 0 Å². The van der Waals surface area contributed by atoms with Crippen LogP contribution in [0.15, 0.2) is 27.6 Å². The van der Waals surface area contributed by atoms with E-state index in [-0.39, 0.29) is 42.2 Å². The zero-order valence-electron chi connectivity index (χ0n) is 24.2. The lowest BCUT2D eigenvalue weighted by Gasteiger charge is -2.64. The standard InChI is InChI=1S/C31H42O10/c1-15-11-29(36-4)25(34)26(38-15)39-20-9-17-10-22-31(41-22)24(27(17,2)13-21(20)40-29)19(32)12-28(3)18(7-8-30(28,31)35)16-5-6-23(33)37-14-16/h5-6,14-15,17-22,24-26,32,34-35H,7-13H2,1-4H3/t15-,17+,18+,19+,20+,21+,22-,24+,25-,26-,27-,28+,29-,30+,31-/m0/s1. The molecule has 41 heavy (non-hydrogen) atoms. The highest BCUT2D eigenvalue weighted by atomic mass is 16.8. The van der Waals surface area contributed by atoms with Crippen molar-refractivity contribution in [2.45, 2.75) is 132 Å². The minimum atomic E-state index is -1.23. The molecular formula is C31H42O10. The number of ether oxygens (including phenoxy) is 5. The average molecular weight is 575 g/mol. The number of aliphatic hydroxyl groups is 3. The molecule has 1 aromatic rings. The van der Waals surface area contributed by atoms with Gasteiger partial charge in [0.25, 0.3) is 0 Å². The molecule has 0 radical (unpaired) electrons. The molecule has 10 heteroatoms. The van der Waals surface area contributed by atoms with Crippen molar-refractivity contribution in [3.05, 3.63) is 34.4 Å². The van der Waals surface area contributed by atoms with Crippen LogP contribution in [0.5, 0.6) is 0 Å². The Morgan fingerprint density at radius 1 is 1.02 bits per heavy atom. The first-order chi connectivity index (χ1) is 19.4. The molecule has 7 aliphatic rings. The van der Waals surface area contributed by atoms with Gasteiger partial charge in [0.1, 0.15) is 11.2 Å². The molecule has 15 atom stereocenters. The van der Waals surface area contributed by atoms with Crippen molar-refractivity contribution in [1.82, 2.24) is 0 Å². The highest BCUT2D eigenvalue weighted by Gasteiger charge is 2.86. The Hall–Kier alpha value is -1.37. The normalized spacial score (nSPS) is 58.7. The maximum atomic E-state index is 12.8. The lowest BCUT2D eigenvalue weighted by Crippen LogP contribution is -2.72. The second kappa shape index (κ2) is 8.41. The lowest BCUT2D eigenvalue weighted by atomic mass is 9.42. The van der Waals surface area contributed by atoms with E-state index in [1.165, 1.54) is 12.3 Å². The van der Waals surface area contributed by atoms with Crippen molar-refractivity contribution in [2.75, 3.05) is 7.11 Å². The summed E-state index contributed by atoms with van der Waals surface area (Å²) in [6.07, 6.45) is 1.95. The maximum absolute atomic E-state index is 12.8. The van der Waals surface area contributed by atoms with Crippen LogP contribution in [0.4, 0.5) is 0 Å². The summed E-state index contributed by atoms with van der Waals surface area (Å²) >= 11 is 0. The van der Waals surface area contributed by atoms with Crippen LogP contribution in [-0.2, 0) is 23.7 Å². The van der Waals surface area contributed by atoms with E-state index >= 15 is 0 Å². The number of aliphatic hydroxyl groups excluding tert-OH is 2. The van der Waals surface area contributed by atoms with E-state index in [1.807, 2.05) is 6.92 Å². The molecule has 7 fully saturated rings. The Morgan fingerprint density at radius 2 is 1.83 bits per heavy atom. The summed E-state index contributed by atoms with van der Waals surface area (Å²) in [5, 5.41) is 36.0. The number of epoxide rings is 1. The fraction of sp³-hybridized carbons (Fsp3) is 0.839. The van der Waals surface area contributed by atoms with Gasteiger partial charge in [-0.2, -0.15) is 0 Å². The molecule has 4 aliphatic carbocycles. The third kappa shape index (κ3) is 3.23. The summed E-state index contributed by atoms with van der Waals surface area (Å²) in [4.78, 5) is 11.7. The van der Waals surface area contributed by atoms with E-state index in [0.717, 1.165) is 12.0 Å². The Labute approximate surface area is 239 Å². The largest absolute Gasteiger partial charge is 0.431 e. The van der Waals surface area contributed by atoms with Crippen LogP contribution in [0, 0.1) is 22.7 Å². The van der Waals surface area contributed by atoms with Crippen LogP contribution < -0.4 is 5.63 Å². The van der Waals surface area contributed by atoms with Crippen molar-refractivity contribution in [3.8, 4) is 0 Å². The van der Waals surface area contributed by atoms with Crippen LogP contribution in [-0.4, -0.2) is 82.3 Å². The van der Waals surface area contributed by atoms with Crippen molar-refractivity contribution in [3.63, 3.8) is 0 Å². The van der Waals surface area contributed by atoms with Crippen molar-refractivity contribution in [2.24, 2.45) is 22.7 Å². The fourth-order valence-electron chi connectivity index (χ4n) is 11.1. The second-order valence-corrected chi connectivity index (χ2v) is 14.6. The second-order valence-electron chi connectivity index (χ2n) is 14.6. The van der Waals surface area contributed by atoms with Crippen LogP contribution in [0.1, 0.15) is 77.2 Å². The molecule has 2 bridgehead atoms. The zero-order valence-corrected chi connectivity index (χ0v) is 24.2. The summed E-state index contributed by atoms with van der Waals surface area (Å²) in [5.74, 6) is -1.43. The van der Waals surface area contributed by atoms with Gasteiger partial charge >= 0.3 is 5.63 Å². The van der Waals surface area contributed by atoms with Crippen LogP contribution in [0.2, 0.25) is 0 Å². The van der Waals surface area contributed by atoms with Gasteiger partial charge in [0.2, 0.25) is 5.79 Å². The Kier molecular flexibility index (Phi) is 5.58. The van der Waals surface area contributed by atoms with Gasteiger partial charge in [-0.25, -0.2) is 4.79 Å². The van der Waals surface area contributed by atoms with E-state index in [9.17, 15) is 20.1 Å². The Bertz CT molecular complexity index is 1280. The van der Waals surface area contributed by atoms with Gasteiger partial charge in [-0.1, -0.05) is 13.8 Å². The topological polar surface area (TPSA) is 140 Å². The number of methoxy groups -OCH3 is 1. The number of hydrogen-bond acceptors (Lipinski definition) is 10. The molecule has 0 unspecified atom stereocenters. The first kappa shape index (κ1) is 27.2. The smallest absolute Gasteiger partial charge is 0.335 e. The minimum Gasteiger partial charge on any atom is -0.431 e. The number of hydrogen-bond donors (Lipinski definition) is 3. The van der Waals surface area contributed by atoms with Gasteiger partial charge in [-0.15, -0.1) is 0 Å². The fourth-order valence-corrected chi connectivity index (χ4v) is 11.1. The van der Waals surface area contributed by atoms with Gasteiger partial charge in [0.05, 0.1) is 36.8 Å². The summed E-state index contributed by atoms with van der Waals surface area (Å²) in [6, 6.07) is 3.22. The molecule has 3 aliphatic heterocycles. The number of fused-ring (bicyclic) bond motifs is 6. The summed E-state index contributed by atoms with van der Waals surface area (Å²) in [5.41, 5.74) is -2.60. The zero-order chi connectivity index (χ0) is 28.7. The maximum Gasteiger partial charge on any atom is 0.335 e. The van der Waals surface area contributed by atoms with E-state index in [1.54, 1.807) is 13.2 Å². The predicted octanol–water partition coefficient (Wildman–Crippen LogP) is 2.22. The quantitative estimate of drug-likeness (QED) is 0.356. The molecule has 1 spiro atoms. The molecule has 10 nitrogen and oxygen atoms in total. The molecule has 226 valence electrons. The molecule has 4 heterocycles. The summed E-state index contributed by atoms with van der Waals surface area (Å²) in [6.45, 7) is 6.22. The van der Waals surface area contributed by atoms with E-state index < -0.39 is 51.9 Å². The molecule has 1 aromatic heterocycles. The SMILES string of the molecule is CO[C@@]12C[C@H](C)O[C@@H](O[C@@H]3C[C@@H]4C[C@@H]5O[C@]56[C@H]([C@H](O)C[C@]5(C)[C@@H](c7ccc(=O)oc7)CC[C@]65O)[C@@]4(C)C[C@H]3O1)[C@@H]2O. The van der Waals surface area contributed by atoms with Gasteiger partial charge in [0, 0.05) is 30.9 Å². The molecule has 0 aromatic carbocycles. The highest BCUT2D eigenvalue weighted by Crippen LogP contribution is 2.78. The molecule has 3 N–H and O–H groups in total. The van der Waals surface area contributed by atoms with E-state index in [4.69, 9.17) is 28.1 Å². The van der Waals surface area contributed by atoms with Gasteiger partial charge in [-0.3, -0.25) is 0 Å². The molecule has 8 rings (SSSR count). The van der Waals surface area contributed by atoms with E-state index in [0.29, 0.717) is 38.5 Å². The molecule has 0 amide bonds. The third-order valence-electron chi connectivity index (χ3n) is 12.9. The number of rotatable bonds is 2. The lowest BCUT2D eigenvalue weighted by molar-refractivity contribution is -0.351. The first-order valence-electron chi connectivity index (χ1n) is 15.3. The molecule has 4 saturated carbocycles. The third-order valence-corrected chi connectivity index (χ3v) is 12.9. The average Bonchev–Trinajstić information content (AvgIpc) is 3.57. The van der Waals surface area contributed by atoms with Gasteiger partial charge < -0.3 is 43.4 Å². The van der Waals surface area contributed by atoms with Crippen molar-refractivity contribution >= 4 is 0 Å². The minimum absolute atomic E-state index is 0.0733. The van der Waals surface area contributed by atoms with Crippen molar-refractivity contribution in [1.29, 1.82) is 0 Å². The summed E-state index contributed by atoms with van der Waals surface area (Å²) < 4.78 is 36.8. The Balaban J connectivity index is 1.16. The van der Waals surface area contributed by atoms with E-state index in [2.05, 4.69) is 13.8 Å². The molecular weight excluding hydrogens is 532 g/mol. The monoisotopic (exact) mass is 574 g/mol. The Morgan fingerprint density at radius 3 is 2.56 bits per heavy atom. The highest BCUT2D eigenvalue weighted by molar-refractivity contribution is 5.38. The summed E-state index contributed by atoms with van der Waals surface area (Å²) in [7, 11) is 1.56. The van der Waals surface area contributed by atoms with Gasteiger partial charge in [0.15, 0.2) is 12.4 Å². The first-order valence-corrected chi connectivity index (χ1v) is 15.3. The van der Waals surface area contributed by atoms with Crippen molar-refractivity contribution < 1.29 is 43.4 Å². The van der Waals surface area contributed by atoms with Gasteiger partial charge in [-0.05, 0) is 74.3 Å².